The highest BCUT2D eigenvalue weighted by molar-refractivity contribution is 7.11. The summed E-state index contributed by atoms with van der Waals surface area (Å²) in [7, 11) is 0. The zero-order valence-corrected chi connectivity index (χ0v) is 11.2. The first-order valence-corrected chi connectivity index (χ1v) is 7.03. The van der Waals surface area contributed by atoms with Crippen molar-refractivity contribution >= 4 is 22.2 Å². The highest BCUT2D eigenvalue weighted by Crippen LogP contribution is 2.39. The molecule has 0 amide bonds. The van der Waals surface area contributed by atoms with Crippen LogP contribution >= 0.6 is 11.5 Å². The van der Waals surface area contributed by atoms with Crippen molar-refractivity contribution in [2.75, 3.05) is 11.9 Å². The lowest BCUT2D eigenvalue weighted by Crippen LogP contribution is -2.22. The average Bonchev–Trinajstić information content (AvgIpc) is 2.74. The Bertz CT molecular complexity index is 416. The van der Waals surface area contributed by atoms with Gasteiger partial charge >= 0.3 is 11.6 Å². The summed E-state index contributed by atoms with van der Waals surface area (Å²) in [5, 5.41) is 14.8. The first-order valence-electron chi connectivity index (χ1n) is 6.25. The number of ether oxygens (including phenoxy) is 1. The fourth-order valence-electron chi connectivity index (χ4n) is 2.19. The number of aromatic nitrogens is 1. The van der Waals surface area contributed by atoms with Crippen molar-refractivity contribution in [3.8, 4) is 5.88 Å². The Morgan fingerprint density at radius 2 is 2.22 bits per heavy atom. The molecule has 1 aliphatic rings. The van der Waals surface area contributed by atoms with Gasteiger partial charge in [0.05, 0.1) is 11.5 Å². The largest absolute Gasteiger partial charge is 0.472 e. The van der Waals surface area contributed by atoms with Crippen LogP contribution in [0, 0.1) is 10.1 Å². The van der Waals surface area contributed by atoms with E-state index in [1.165, 1.54) is 19.3 Å². The molecule has 1 fully saturated rings. The molecule has 0 bridgehead atoms. The summed E-state index contributed by atoms with van der Waals surface area (Å²) in [5.74, 6) is 0.130. The molecule has 18 heavy (non-hydrogen) atoms. The second-order valence-electron chi connectivity index (χ2n) is 4.33. The molecule has 1 N–H and O–H groups in total. The van der Waals surface area contributed by atoms with Crippen molar-refractivity contribution in [1.29, 1.82) is 0 Å². The maximum absolute atomic E-state index is 11.1. The van der Waals surface area contributed by atoms with E-state index in [-0.39, 0.29) is 11.6 Å². The van der Waals surface area contributed by atoms with Crippen LogP contribution in [0.4, 0.5) is 10.7 Å². The topological polar surface area (TPSA) is 77.3 Å². The Labute approximate surface area is 110 Å². The molecule has 1 heterocycles. The van der Waals surface area contributed by atoms with E-state index in [1.807, 2.05) is 0 Å². The Morgan fingerprint density at radius 1 is 1.50 bits per heavy atom. The summed E-state index contributed by atoms with van der Waals surface area (Å²) in [6.07, 6.45) is 5.76. The van der Waals surface area contributed by atoms with Crippen molar-refractivity contribution in [2.24, 2.45) is 0 Å². The van der Waals surface area contributed by atoms with E-state index in [9.17, 15) is 10.1 Å². The minimum Gasteiger partial charge on any atom is -0.472 e. The molecule has 7 heteroatoms. The van der Waals surface area contributed by atoms with Crippen LogP contribution in [0.25, 0.3) is 0 Å². The van der Waals surface area contributed by atoms with Gasteiger partial charge in [0, 0.05) is 6.04 Å². The van der Waals surface area contributed by atoms with Gasteiger partial charge in [0.25, 0.3) is 0 Å². The number of hydrogen-bond donors (Lipinski definition) is 1. The zero-order chi connectivity index (χ0) is 13.0. The third kappa shape index (κ3) is 2.90. The van der Waals surface area contributed by atoms with E-state index >= 15 is 0 Å². The molecule has 0 aromatic carbocycles. The minimum atomic E-state index is -0.417. The molecule has 0 spiro atoms. The fourth-order valence-corrected chi connectivity index (χ4v) is 2.97. The highest BCUT2D eigenvalue weighted by Gasteiger charge is 2.28. The number of nitro groups is 1. The quantitative estimate of drug-likeness (QED) is 0.657. The first kappa shape index (κ1) is 13.1. The Balaban J connectivity index is 2.13. The molecule has 0 atom stereocenters. The zero-order valence-electron chi connectivity index (χ0n) is 10.3. The number of nitrogens with zero attached hydrogens (tertiary/aromatic N) is 2. The Hall–Kier alpha value is -1.37. The summed E-state index contributed by atoms with van der Waals surface area (Å²) < 4.78 is 9.19. The van der Waals surface area contributed by atoms with E-state index in [0.29, 0.717) is 17.6 Å². The van der Waals surface area contributed by atoms with Crippen LogP contribution in [0.1, 0.15) is 39.0 Å². The van der Waals surface area contributed by atoms with E-state index < -0.39 is 4.92 Å². The molecule has 1 aliphatic carbocycles. The molecule has 1 aromatic rings. The van der Waals surface area contributed by atoms with Gasteiger partial charge in [-0.15, -0.1) is 4.37 Å². The highest BCUT2D eigenvalue weighted by atomic mass is 32.1. The molecule has 2 rings (SSSR count). The number of anilines is 1. The lowest BCUT2D eigenvalue weighted by Gasteiger charge is -2.22. The molecule has 0 unspecified atom stereocenters. The molecule has 1 aromatic heterocycles. The third-order valence-electron chi connectivity index (χ3n) is 3.04. The van der Waals surface area contributed by atoms with E-state index in [2.05, 4.69) is 9.69 Å². The molecule has 6 nitrogen and oxygen atoms in total. The predicted octanol–water partition coefficient (Wildman–Crippen LogP) is 3.19. The normalized spacial score (nSPS) is 16.5. The lowest BCUT2D eigenvalue weighted by molar-refractivity contribution is -0.384. The van der Waals surface area contributed by atoms with Gasteiger partial charge in [-0.1, -0.05) is 19.3 Å². The smallest absolute Gasteiger partial charge is 0.366 e. The van der Waals surface area contributed by atoms with Crippen molar-refractivity contribution in [3.05, 3.63) is 10.1 Å². The Kier molecular flexibility index (Phi) is 4.35. The summed E-state index contributed by atoms with van der Waals surface area (Å²) >= 11 is 1.11. The summed E-state index contributed by atoms with van der Waals surface area (Å²) in [6.45, 7) is 2.17. The van der Waals surface area contributed by atoms with Gasteiger partial charge in [0.2, 0.25) is 0 Å². The first-order chi connectivity index (χ1) is 8.72. The molecular weight excluding hydrogens is 254 g/mol. The monoisotopic (exact) mass is 271 g/mol. The predicted molar refractivity (Wildman–Crippen MR) is 70.4 cm³/mol. The number of hydrogen-bond acceptors (Lipinski definition) is 6. The summed E-state index contributed by atoms with van der Waals surface area (Å²) in [4.78, 5) is 10.7. The summed E-state index contributed by atoms with van der Waals surface area (Å²) in [6, 6.07) is 0.326. The SMILES string of the molecule is CCOc1nsc(NC2CCCCC2)c1[N+](=O)[O-]. The third-order valence-corrected chi connectivity index (χ3v) is 3.79. The maximum atomic E-state index is 11.1. The fraction of sp³-hybridized carbons (Fsp3) is 0.727. The minimum absolute atomic E-state index is 0.0209. The van der Waals surface area contributed by atoms with Crippen LogP contribution in [-0.4, -0.2) is 21.9 Å². The van der Waals surface area contributed by atoms with Crippen molar-refractivity contribution < 1.29 is 9.66 Å². The van der Waals surface area contributed by atoms with E-state index in [4.69, 9.17) is 4.74 Å². The van der Waals surface area contributed by atoms with Gasteiger partial charge in [-0.3, -0.25) is 10.1 Å². The summed E-state index contributed by atoms with van der Waals surface area (Å²) in [5.41, 5.74) is -0.0209. The van der Waals surface area contributed by atoms with Gasteiger partial charge in [0.1, 0.15) is 0 Å². The van der Waals surface area contributed by atoms with Crippen LogP contribution < -0.4 is 10.1 Å². The maximum Gasteiger partial charge on any atom is 0.366 e. The average molecular weight is 271 g/mol. The van der Waals surface area contributed by atoms with Crippen molar-refractivity contribution in [3.63, 3.8) is 0 Å². The second-order valence-corrected chi connectivity index (χ2v) is 5.11. The van der Waals surface area contributed by atoms with Gasteiger partial charge in [-0.2, -0.15) is 0 Å². The van der Waals surface area contributed by atoms with Gasteiger partial charge in [0.15, 0.2) is 5.00 Å². The standard InChI is InChI=1S/C11H17N3O3S/c1-2-17-10-9(14(15)16)11(18-13-10)12-8-6-4-3-5-7-8/h8,12H,2-7H2,1H3. The molecule has 0 saturated heterocycles. The molecule has 0 radical (unpaired) electrons. The molecule has 0 aliphatic heterocycles. The van der Waals surface area contributed by atoms with E-state index in [0.717, 1.165) is 24.4 Å². The number of nitrogens with one attached hydrogen (secondary N) is 1. The van der Waals surface area contributed by atoms with Gasteiger partial charge in [-0.25, -0.2) is 0 Å². The van der Waals surface area contributed by atoms with Crippen LogP contribution in [0.15, 0.2) is 0 Å². The molecular formula is C11H17N3O3S. The molecule has 100 valence electrons. The molecule has 1 saturated carbocycles. The van der Waals surface area contributed by atoms with Crippen LogP contribution in [0.2, 0.25) is 0 Å². The van der Waals surface area contributed by atoms with E-state index in [1.54, 1.807) is 6.92 Å². The van der Waals surface area contributed by atoms with Crippen LogP contribution in [0.3, 0.4) is 0 Å². The van der Waals surface area contributed by atoms with Crippen LogP contribution in [-0.2, 0) is 0 Å². The second kappa shape index (κ2) is 5.99. The lowest BCUT2D eigenvalue weighted by atomic mass is 9.96. The van der Waals surface area contributed by atoms with Gasteiger partial charge in [-0.05, 0) is 31.3 Å². The van der Waals surface area contributed by atoms with Crippen LogP contribution in [0.5, 0.6) is 5.88 Å². The van der Waals surface area contributed by atoms with Crippen molar-refractivity contribution in [2.45, 2.75) is 45.1 Å². The van der Waals surface area contributed by atoms with Gasteiger partial charge < -0.3 is 10.1 Å². The van der Waals surface area contributed by atoms with Crippen molar-refractivity contribution in [1.82, 2.24) is 4.37 Å². The Morgan fingerprint density at radius 3 is 2.83 bits per heavy atom. The number of rotatable bonds is 5.